The van der Waals surface area contributed by atoms with Crippen molar-refractivity contribution in [3.63, 3.8) is 0 Å². The molecule has 16 heavy (non-hydrogen) atoms. The van der Waals surface area contributed by atoms with E-state index in [0.717, 1.165) is 29.4 Å². The third kappa shape index (κ3) is 1.75. The number of nitrogens with one attached hydrogen (secondary N) is 1. The molecule has 0 aliphatic heterocycles. The summed E-state index contributed by atoms with van der Waals surface area (Å²) >= 11 is 0. The van der Waals surface area contributed by atoms with Crippen molar-refractivity contribution < 1.29 is 0 Å². The first-order valence-corrected chi connectivity index (χ1v) is 6.75. The number of hydrogen-bond donors (Lipinski definition) is 2. The predicted octanol–water partition coefficient (Wildman–Crippen LogP) is 1.74. The smallest absolute Gasteiger partial charge is 0.0496 e. The molecule has 0 unspecified atom stereocenters. The Morgan fingerprint density at radius 3 is 2.19 bits per heavy atom. The Kier molecular flexibility index (Phi) is 2.66. The van der Waals surface area contributed by atoms with Crippen LogP contribution in [0.25, 0.3) is 0 Å². The lowest BCUT2D eigenvalue weighted by Gasteiger charge is -2.54. The van der Waals surface area contributed by atoms with Crippen molar-refractivity contribution >= 4 is 5.71 Å². The molecule has 0 amide bonds. The Bertz CT molecular complexity index is 270. The summed E-state index contributed by atoms with van der Waals surface area (Å²) in [5.41, 5.74) is 10.0. The maximum absolute atomic E-state index is 5.56. The molecule has 0 heterocycles. The van der Waals surface area contributed by atoms with Gasteiger partial charge in [-0.25, -0.2) is 0 Å². The highest BCUT2D eigenvalue weighted by atomic mass is 15.3. The number of rotatable bonds is 3. The Balaban J connectivity index is 1.68. The summed E-state index contributed by atoms with van der Waals surface area (Å²) in [6.45, 7) is 2.57. The van der Waals surface area contributed by atoms with Crippen molar-refractivity contribution in [1.29, 1.82) is 0 Å². The van der Waals surface area contributed by atoms with Gasteiger partial charge in [0.15, 0.2) is 0 Å². The molecule has 0 spiro atoms. The predicted molar refractivity (Wildman–Crippen MR) is 66.1 cm³/mol. The van der Waals surface area contributed by atoms with Crippen molar-refractivity contribution in [2.75, 3.05) is 6.54 Å². The lowest BCUT2D eigenvalue weighted by molar-refractivity contribution is -0.0132. The zero-order valence-corrected chi connectivity index (χ0v) is 10.2. The van der Waals surface area contributed by atoms with Crippen LogP contribution in [0.15, 0.2) is 5.10 Å². The van der Waals surface area contributed by atoms with E-state index >= 15 is 0 Å². The number of nitrogens with zero attached hydrogens (tertiary/aromatic N) is 1. The topological polar surface area (TPSA) is 50.4 Å². The number of hydrazone groups is 1. The average molecular weight is 221 g/mol. The summed E-state index contributed by atoms with van der Waals surface area (Å²) < 4.78 is 0. The molecule has 0 atom stereocenters. The van der Waals surface area contributed by atoms with Crippen molar-refractivity contribution in [3.8, 4) is 0 Å². The highest BCUT2D eigenvalue weighted by molar-refractivity contribution is 5.83. The fourth-order valence-electron chi connectivity index (χ4n) is 4.37. The molecule has 0 aromatic carbocycles. The molecule has 4 bridgehead atoms. The largest absolute Gasteiger partial charge is 0.325 e. The summed E-state index contributed by atoms with van der Waals surface area (Å²) in [6.07, 6.45) is 7.30. The molecule has 4 saturated carbocycles. The van der Waals surface area contributed by atoms with Crippen molar-refractivity contribution in [2.45, 2.75) is 45.1 Å². The lowest BCUT2D eigenvalue weighted by Crippen LogP contribution is -2.53. The van der Waals surface area contributed by atoms with Gasteiger partial charge in [-0.1, -0.05) is 0 Å². The maximum Gasteiger partial charge on any atom is 0.0496 e. The second-order valence-corrected chi connectivity index (χ2v) is 6.14. The van der Waals surface area contributed by atoms with E-state index in [0.29, 0.717) is 12.6 Å². The molecular formula is C13H23N3. The number of hydrogen-bond acceptors (Lipinski definition) is 3. The lowest BCUT2D eigenvalue weighted by atomic mass is 9.54. The Hall–Kier alpha value is -0.570. The van der Waals surface area contributed by atoms with Crippen LogP contribution in [0, 0.1) is 23.7 Å². The standard InChI is InChI=1S/C13H23N3/c1-8(7-14)15-16-13-11-3-9-2-10(5-11)6-12(13)4-9/h9-13,16H,2-7,14H2,1H3/b15-8-. The quantitative estimate of drug-likeness (QED) is 0.563. The molecule has 0 saturated heterocycles. The third-order valence-electron chi connectivity index (χ3n) is 4.93. The third-order valence-corrected chi connectivity index (χ3v) is 4.93. The fraction of sp³-hybridized carbons (Fsp3) is 0.923. The van der Waals surface area contributed by atoms with Crippen LogP contribution in [0.2, 0.25) is 0 Å². The second-order valence-electron chi connectivity index (χ2n) is 6.14. The molecule has 0 aromatic heterocycles. The minimum Gasteiger partial charge on any atom is -0.325 e. The first-order valence-electron chi connectivity index (χ1n) is 6.75. The molecule has 90 valence electrons. The fourth-order valence-corrected chi connectivity index (χ4v) is 4.37. The van der Waals surface area contributed by atoms with E-state index in [-0.39, 0.29) is 0 Å². The van der Waals surface area contributed by atoms with Crippen LogP contribution >= 0.6 is 0 Å². The second kappa shape index (κ2) is 4.02. The molecule has 3 nitrogen and oxygen atoms in total. The van der Waals surface area contributed by atoms with E-state index in [1.54, 1.807) is 0 Å². The van der Waals surface area contributed by atoms with Gasteiger partial charge in [-0.15, -0.1) is 0 Å². The van der Waals surface area contributed by atoms with Gasteiger partial charge in [0.05, 0.1) is 0 Å². The van der Waals surface area contributed by atoms with Crippen LogP contribution in [0.5, 0.6) is 0 Å². The summed E-state index contributed by atoms with van der Waals surface area (Å²) in [5.74, 6) is 3.87. The van der Waals surface area contributed by atoms with Gasteiger partial charge in [-0.05, 0) is 62.7 Å². The van der Waals surface area contributed by atoms with E-state index in [1.165, 1.54) is 32.1 Å². The molecule has 3 N–H and O–H groups in total. The molecular weight excluding hydrogens is 198 g/mol. The Labute approximate surface area is 97.9 Å². The molecule has 3 heteroatoms. The van der Waals surface area contributed by atoms with E-state index in [4.69, 9.17) is 5.73 Å². The van der Waals surface area contributed by atoms with Crippen LogP contribution in [0.1, 0.15) is 39.0 Å². The summed E-state index contributed by atoms with van der Waals surface area (Å²) in [4.78, 5) is 0. The van der Waals surface area contributed by atoms with Gasteiger partial charge >= 0.3 is 0 Å². The van der Waals surface area contributed by atoms with Crippen LogP contribution < -0.4 is 11.2 Å². The SMILES string of the molecule is C/C(CN)=N/NC1C2CC3CC(C2)CC1C3. The van der Waals surface area contributed by atoms with Gasteiger partial charge in [-0.2, -0.15) is 5.10 Å². The van der Waals surface area contributed by atoms with E-state index < -0.39 is 0 Å². The summed E-state index contributed by atoms with van der Waals surface area (Å²) in [7, 11) is 0. The Morgan fingerprint density at radius 2 is 1.69 bits per heavy atom. The molecule has 4 aliphatic rings. The van der Waals surface area contributed by atoms with Gasteiger partial charge in [0.2, 0.25) is 0 Å². The summed E-state index contributed by atoms with van der Waals surface area (Å²) in [5, 5.41) is 4.43. The minimum absolute atomic E-state index is 0.570. The van der Waals surface area contributed by atoms with E-state index in [2.05, 4.69) is 10.5 Å². The van der Waals surface area contributed by atoms with Crippen molar-refractivity contribution in [3.05, 3.63) is 0 Å². The highest BCUT2D eigenvalue weighted by Crippen LogP contribution is 2.53. The molecule has 4 rings (SSSR count). The van der Waals surface area contributed by atoms with Gasteiger partial charge in [0.1, 0.15) is 0 Å². The molecule has 4 fully saturated rings. The van der Waals surface area contributed by atoms with E-state index in [1.807, 2.05) is 6.92 Å². The zero-order chi connectivity index (χ0) is 11.1. The van der Waals surface area contributed by atoms with Gasteiger partial charge in [-0.3, -0.25) is 0 Å². The molecule has 0 aromatic rings. The number of nitrogens with two attached hydrogens (primary N) is 1. The first-order chi connectivity index (χ1) is 7.76. The van der Waals surface area contributed by atoms with Crippen molar-refractivity contribution in [1.82, 2.24) is 5.43 Å². The normalized spacial score (nSPS) is 46.1. The highest BCUT2D eigenvalue weighted by Gasteiger charge is 2.48. The summed E-state index contributed by atoms with van der Waals surface area (Å²) in [6, 6.07) is 0.647. The molecule has 0 radical (unpaired) electrons. The van der Waals surface area contributed by atoms with E-state index in [9.17, 15) is 0 Å². The van der Waals surface area contributed by atoms with Crippen molar-refractivity contribution in [2.24, 2.45) is 34.5 Å². The Morgan fingerprint density at radius 1 is 1.12 bits per heavy atom. The van der Waals surface area contributed by atoms with Crippen LogP contribution in [0.3, 0.4) is 0 Å². The average Bonchev–Trinajstić information content (AvgIpc) is 2.26. The first kappa shape index (κ1) is 10.6. The molecule has 4 aliphatic carbocycles. The minimum atomic E-state index is 0.570. The monoisotopic (exact) mass is 221 g/mol. The van der Waals surface area contributed by atoms with Gasteiger partial charge in [0.25, 0.3) is 0 Å². The van der Waals surface area contributed by atoms with Crippen LogP contribution in [-0.4, -0.2) is 18.3 Å². The zero-order valence-electron chi connectivity index (χ0n) is 10.2. The van der Waals surface area contributed by atoms with Gasteiger partial charge in [0, 0.05) is 18.3 Å². The maximum atomic E-state index is 5.56. The van der Waals surface area contributed by atoms with Crippen LogP contribution in [0.4, 0.5) is 0 Å². The van der Waals surface area contributed by atoms with Gasteiger partial charge < -0.3 is 11.2 Å². The van der Waals surface area contributed by atoms with Crippen LogP contribution in [-0.2, 0) is 0 Å².